The fraction of sp³-hybridized carbons (Fsp3) is 0.679. The molecule has 0 saturated heterocycles. The van der Waals surface area contributed by atoms with Gasteiger partial charge in [-0.3, -0.25) is 9.59 Å². The maximum Gasteiger partial charge on any atom is 0.408 e. The van der Waals surface area contributed by atoms with Gasteiger partial charge in [-0.2, -0.15) is 11.8 Å². The number of benzene rings is 1. The second-order valence-electron chi connectivity index (χ2n) is 11.1. The summed E-state index contributed by atoms with van der Waals surface area (Å²) in [6.45, 7) is 5.34. The van der Waals surface area contributed by atoms with Gasteiger partial charge in [-0.05, 0) is 89.0 Å². The van der Waals surface area contributed by atoms with Crippen LogP contribution >= 0.6 is 11.8 Å². The van der Waals surface area contributed by atoms with Crippen LogP contribution in [0.1, 0.15) is 90.2 Å². The molecule has 0 aromatic heterocycles. The monoisotopic (exact) mass is 533 g/mol. The number of phenolic OH excluding ortho intramolecular Hbond substituents is 1. The van der Waals surface area contributed by atoms with Gasteiger partial charge in [0.1, 0.15) is 23.4 Å². The lowest BCUT2D eigenvalue weighted by Gasteiger charge is -2.44. The molecule has 0 aliphatic heterocycles. The van der Waals surface area contributed by atoms with E-state index in [0.717, 1.165) is 44.9 Å². The number of phenols is 1. The van der Waals surface area contributed by atoms with Crippen LogP contribution in [-0.4, -0.2) is 63.6 Å². The third-order valence-electron chi connectivity index (χ3n) is 7.01. The Labute approximate surface area is 225 Å². The Hall–Kier alpha value is -2.42. The van der Waals surface area contributed by atoms with Gasteiger partial charge in [-0.15, -0.1) is 0 Å². The number of amides is 3. The molecule has 3 rings (SSSR count). The average molecular weight is 534 g/mol. The first-order valence-electron chi connectivity index (χ1n) is 13.5. The molecule has 2 saturated carbocycles. The summed E-state index contributed by atoms with van der Waals surface area (Å²) >= 11 is 1.59. The summed E-state index contributed by atoms with van der Waals surface area (Å²) in [5, 5.41) is 15.9. The van der Waals surface area contributed by atoms with Crippen molar-refractivity contribution in [2.24, 2.45) is 0 Å². The Bertz CT molecular complexity index is 907. The summed E-state index contributed by atoms with van der Waals surface area (Å²) in [6.07, 6.45) is 9.52. The predicted molar refractivity (Wildman–Crippen MR) is 147 cm³/mol. The number of ether oxygens (including phenoxy) is 1. The first-order chi connectivity index (χ1) is 17.6. The Balaban J connectivity index is 1.93. The van der Waals surface area contributed by atoms with Gasteiger partial charge in [0.05, 0.1) is 0 Å². The summed E-state index contributed by atoms with van der Waals surface area (Å²) < 4.78 is 5.45. The molecule has 37 heavy (non-hydrogen) atoms. The summed E-state index contributed by atoms with van der Waals surface area (Å²) in [5.74, 6) is 0.282. The van der Waals surface area contributed by atoms with Gasteiger partial charge in [0.2, 0.25) is 11.8 Å². The number of aromatic hydroxyl groups is 1. The largest absolute Gasteiger partial charge is 0.508 e. The molecule has 0 heterocycles. The lowest BCUT2D eigenvalue weighted by molar-refractivity contribution is -0.147. The third-order valence-corrected chi connectivity index (χ3v) is 7.65. The molecule has 0 spiro atoms. The van der Waals surface area contributed by atoms with Gasteiger partial charge >= 0.3 is 6.09 Å². The molecule has 2 aliphatic rings. The van der Waals surface area contributed by atoms with Crippen LogP contribution in [0.5, 0.6) is 5.75 Å². The highest BCUT2D eigenvalue weighted by molar-refractivity contribution is 7.98. The average Bonchev–Trinajstić information content (AvgIpc) is 2.80. The maximum atomic E-state index is 14.2. The number of carbonyl (C=O) groups excluding carboxylic acids is 3. The van der Waals surface area contributed by atoms with Crippen molar-refractivity contribution in [2.75, 3.05) is 12.0 Å². The fourth-order valence-electron chi connectivity index (χ4n) is 4.93. The molecule has 0 radical (unpaired) electrons. The van der Waals surface area contributed by atoms with Crippen molar-refractivity contribution in [2.45, 2.75) is 108 Å². The van der Waals surface area contributed by atoms with Gasteiger partial charge in [0, 0.05) is 12.1 Å². The van der Waals surface area contributed by atoms with Crippen molar-refractivity contribution in [1.29, 1.82) is 0 Å². The molecule has 2 atom stereocenters. The van der Waals surface area contributed by atoms with E-state index in [1.54, 1.807) is 61.7 Å². The van der Waals surface area contributed by atoms with E-state index in [1.807, 2.05) is 6.26 Å². The van der Waals surface area contributed by atoms with E-state index in [-0.39, 0.29) is 29.6 Å². The Morgan fingerprint density at radius 3 is 2.24 bits per heavy atom. The van der Waals surface area contributed by atoms with Crippen LogP contribution in [0, 0.1) is 0 Å². The molecule has 3 amide bonds. The van der Waals surface area contributed by atoms with Crippen LogP contribution in [0.15, 0.2) is 24.3 Å². The first-order valence-corrected chi connectivity index (χ1v) is 14.9. The van der Waals surface area contributed by atoms with E-state index in [1.165, 1.54) is 6.42 Å². The quantitative estimate of drug-likeness (QED) is 0.394. The van der Waals surface area contributed by atoms with E-state index in [0.29, 0.717) is 17.7 Å². The number of nitrogens with zero attached hydrogens (tertiary/aromatic N) is 1. The predicted octanol–water partition coefficient (Wildman–Crippen LogP) is 4.91. The molecular weight excluding hydrogens is 490 g/mol. The molecular formula is C28H43N3O5S. The molecule has 1 aromatic carbocycles. The van der Waals surface area contributed by atoms with E-state index >= 15 is 0 Å². The first kappa shape index (κ1) is 29.1. The number of nitrogens with one attached hydrogen (secondary N) is 2. The zero-order valence-electron chi connectivity index (χ0n) is 22.6. The Morgan fingerprint density at radius 2 is 1.70 bits per heavy atom. The van der Waals surface area contributed by atoms with Gasteiger partial charge in [-0.25, -0.2) is 4.79 Å². The van der Waals surface area contributed by atoms with Gasteiger partial charge in [0.15, 0.2) is 0 Å². The van der Waals surface area contributed by atoms with Crippen LogP contribution in [0.3, 0.4) is 0 Å². The topological polar surface area (TPSA) is 108 Å². The van der Waals surface area contributed by atoms with Crippen molar-refractivity contribution in [3.63, 3.8) is 0 Å². The SMILES string of the molecule is CSCCC(NC(=O)OC(C)(C)C)C(=O)N(C1CCC1)C(C(=O)NC1CCCCC1)c1ccc(O)cc1. The fourth-order valence-corrected chi connectivity index (χ4v) is 5.40. The molecule has 2 fully saturated rings. The lowest BCUT2D eigenvalue weighted by Crippen LogP contribution is -2.58. The van der Waals surface area contributed by atoms with Crippen LogP contribution in [0.25, 0.3) is 0 Å². The second kappa shape index (κ2) is 13.4. The molecule has 206 valence electrons. The molecule has 1 aromatic rings. The van der Waals surface area contributed by atoms with E-state index in [9.17, 15) is 19.5 Å². The number of rotatable bonds is 10. The minimum Gasteiger partial charge on any atom is -0.508 e. The standard InChI is InChI=1S/C28H43N3O5S/c1-28(2,3)36-27(35)30-23(17-18-37-4)26(34)31(21-11-8-12-21)24(19-13-15-22(32)16-14-19)25(33)29-20-9-6-5-7-10-20/h13-16,20-21,23-24,32H,5-12,17-18H2,1-4H3,(H,29,33)(H,30,35). The zero-order valence-corrected chi connectivity index (χ0v) is 23.4. The van der Waals surface area contributed by atoms with E-state index in [4.69, 9.17) is 4.74 Å². The van der Waals surface area contributed by atoms with Crippen LogP contribution in [-0.2, 0) is 14.3 Å². The van der Waals surface area contributed by atoms with Crippen molar-refractivity contribution in [3.05, 3.63) is 29.8 Å². The molecule has 2 unspecified atom stereocenters. The van der Waals surface area contributed by atoms with Crippen molar-refractivity contribution in [3.8, 4) is 5.75 Å². The summed E-state index contributed by atoms with van der Waals surface area (Å²) in [6, 6.07) is 4.83. The minimum atomic E-state index is -0.849. The third kappa shape index (κ3) is 8.55. The zero-order chi connectivity index (χ0) is 27.0. The van der Waals surface area contributed by atoms with Crippen molar-refractivity contribution < 1.29 is 24.2 Å². The van der Waals surface area contributed by atoms with Crippen LogP contribution < -0.4 is 10.6 Å². The number of hydrogen-bond donors (Lipinski definition) is 3. The summed E-state index contributed by atoms with van der Waals surface area (Å²) in [5.41, 5.74) is -0.0495. The molecule has 2 aliphatic carbocycles. The van der Waals surface area contributed by atoms with Gasteiger partial charge in [0.25, 0.3) is 0 Å². The smallest absolute Gasteiger partial charge is 0.408 e. The maximum absolute atomic E-state index is 14.2. The van der Waals surface area contributed by atoms with Gasteiger partial charge in [-0.1, -0.05) is 31.4 Å². The highest BCUT2D eigenvalue weighted by Gasteiger charge is 2.42. The number of carbonyl (C=O) groups is 3. The second-order valence-corrected chi connectivity index (χ2v) is 12.1. The van der Waals surface area contributed by atoms with Crippen molar-refractivity contribution in [1.82, 2.24) is 15.5 Å². The summed E-state index contributed by atoms with van der Waals surface area (Å²) in [4.78, 5) is 42.4. The normalized spacial score (nSPS) is 18.3. The van der Waals surface area contributed by atoms with E-state index < -0.39 is 23.8 Å². The van der Waals surface area contributed by atoms with Gasteiger partial charge < -0.3 is 25.4 Å². The highest BCUT2D eigenvalue weighted by Crippen LogP contribution is 2.35. The van der Waals surface area contributed by atoms with E-state index in [2.05, 4.69) is 10.6 Å². The van der Waals surface area contributed by atoms with Crippen LogP contribution in [0.2, 0.25) is 0 Å². The highest BCUT2D eigenvalue weighted by atomic mass is 32.2. The molecule has 8 nitrogen and oxygen atoms in total. The Morgan fingerprint density at radius 1 is 1.05 bits per heavy atom. The summed E-state index contributed by atoms with van der Waals surface area (Å²) in [7, 11) is 0. The lowest BCUT2D eigenvalue weighted by atomic mass is 9.87. The van der Waals surface area contributed by atoms with Crippen molar-refractivity contribution >= 4 is 29.7 Å². The molecule has 3 N–H and O–H groups in total. The van der Waals surface area contributed by atoms with Crippen LogP contribution in [0.4, 0.5) is 4.79 Å². The minimum absolute atomic E-state index is 0.0892. The number of thioether (sulfide) groups is 1. The molecule has 9 heteroatoms. The molecule has 0 bridgehead atoms. The Kier molecular flexibility index (Phi) is 10.6. The number of hydrogen-bond acceptors (Lipinski definition) is 6. The number of alkyl carbamates (subject to hydrolysis) is 1.